The molecule has 6 N–H and O–H groups in total. The molecule has 1 atom stereocenters. The number of nitrogens with one attached hydrogen (secondary N) is 3. The molecule has 0 spiro atoms. The molecule has 2 rings (SSSR count). The summed E-state index contributed by atoms with van der Waals surface area (Å²) in [6.45, 7) is 3.25. The molecule has 1 aromatic carbocycles. The fourth-order valence-electron chi connectivity index (χ4n) is 2.38. The molecule has 0 saturated heterocycles. The Morgan fingerprint density at radius 1 is 1.30 bits per heavy atom. The van der Waals surface area contributed by atoms with Crippen molar-refractivity contribution < 1.29 is 24.4 Å². The Balaban J connectivity index is 2.11. The minimum atomic E-state index is -1.53. The minimum absolute atomic E-state index is 0.0994. The molecule has 0 aliphatic rings. The number of anilines is 4. The Hall–Kier alpha value is -3.93. The van der Waals surface area contributed by atoms with E-state index in [0.717, 1.165) is 11.6 Å². The number of rotatable bonds is 8. The van der Waals surface area contributed by atoms with Gasteiger partial charge in [0.2, 0.25) is 5.82 Å². The second-order valence-corrected chi connectivity index (χ2v) is 6.14. The van der Waals surface area contributed by atoms with Crippen molar-refractivity contribution in [2.75, 3.05) is 34.8 Å². The lowest BCUT2D eigenvalue weighted by atomic mass is 10.2. The second-order valence-electron chi connectivity index (χ2n) is 6.14. The van der Waals surface area contributed by atoms with E-state index < -0.39 is 34.5 Å². The van der Waals surface area contributed by atoms with Gasteiger partial charge < -0.3 is 26.2 Å². The van der Waals surface area contributed by atoms with E-state index in [4.69, 9.17) is 10.5 Å². The van der Waals surface area contributed by atoms with Crippen molar-refractivity contribution in [1.82, 2.24) is 4.98 Å². The SMILES string of the molecule is CCOC(=O)Nc1cc(NCC(O)C(=O)Nc2ccc(C)cc2)c([N+](=O)[O-])c(N)n1. The summed E-state index contributed by atoms with van der Waals surface area (Å²) >= 11 is 0. The predicted octanol–water partition coefficient (Wildman–Crippen LogP) is 1.86. The molecule has 0 fully saturated rings. The smallest absolute Gasteiger partial charge is 0.412 e. The lowest BCUT2D eigenvalue weighted by molar-refractivity contribution is -0.383. The summed E-state index contributed by atoms with van der Waals surface area (Å²) in [6.07, 6.45) is -2.34. The minimum Gasteiger partial charge on any atom is -0.450 e. The van der Waals surface area contributed by atoms with Gasteiger partial charge in [0.05, 0.1) is 18.1 Å². The molecule has 1 unspecified atom stereocenters. The highest BCUT2D eigenvalue weighted by atomic mass is 16.6. The molecule has 0 saturated carbocycles. The Bertz CT molecular complexity index is 934. The third-order valence-corrected chi connectivity index (χ3v) is 3.82. The van der Waals surface area contributed by atoms with Crippen LogP contribution in [-0.4, -0.2) is 46.3 Å². The standard InChI is InChI=1S/C18H22N6O6/c1-3-30-18(27)23-14-8-12(15(24(28)29)16(19)22-14)20-9-13(25)17(26)21-11-6-4-10(2)5-7-11/h4-8,13,25H,3,9H2,1-2H3,(H,21,26)(H4,19,20,22,23,27). The number of ether oxygens (including phenoxy) is 1. The normalized spacial score (nSPS) is 11.3. The van der Waals surface area contributed by atoms with Crippen LogP contribution in [0.3, 0.4) is 0 Å². The van der Waals surface area contributed by atoms with Gasteiger partial charge in [-0.05, 0) is 26.0 Å². The summed E-state index contributed by atoms with van der Waals surface area (Å²) in [5.41, 5.74) is 6.42. The number of aliphatic hydroxyl groups excluding tert-OH is 1. The molecule has 0 aliphatic carbocycles. The van der Waals surface area contributed by atoms with E-state index in [-0.39, 0.29) is 24.7 Å². The van der Waals surface area contributed by atoms with Crippen molar-refractivity contribution in [3.05, 3.63) is 46.0 Å². The lowest BCUT2D eigenvalue weighted by Crippen LogP contribution is -2.33. The number of nitrogen functional groups attached to an aromatic ring is 1. The average Bonchev–Trinajstić information content (AvgIpc) is 2.67. The number of aromatic nitrogens is 1. The van der Waals surface area contributed by atoms with E-state index in [1.807, 2.05) is 6.92 Å². The van der Waals surface area contributed by atoms with Crippen LogP contribution >= 0.6 is 0 Å². The number of hydrogen-bond donors (Lipinski definition) is 5. The molecule has 12 nitrogen and oxygen atoms in total. The molecule has 2 amide bonds. The molecule has 160 valence electrons. The van der Waals surface area contributed by atoms with Crippen LogP contribution in [-0.2, 0) is 9.53 Å². The number of nitro groups is 1. The first kappa shape index (κ1) is 22.4. The van der Waals surface area contributed by atoms with Gasteiger partial charge in [0.1, 0.15) is 17.6 Å². The van der Waals surface area contributed by atoms with Gasteiger partial charge in [0.25, 0.3) is 5.91 Å². The Kier molecular flexibility index (Phi) is 7.47. The van der Waals surface area contributed by atoms with Crippen molar-refractivity contribution in [3.63, 3.8) is 0 Å². The van der Waals surface area contributed by atoms with Crippen LogP contribution in [0.25, 0.3) is 0 Å². The van der Waals surface area contributed by atoms with Crippen molar-refractivity contribution in [3.8, 4) is 0 Å². The zero-order valence-electron chi connectivity index (χ0n) is 16.3. The first-order valence-corrected chi connectivity index (χ1v) is 8.89. The number of hydrogen-bond acceptors (Lipinski definition) is 9. The fraction of sp³-hybridized carbons (Fsp3) is 0.278. The maximum absolute atomic E-state index is 12.1. The van der Waals surface area contributed by atoms with Crippen molar-refractivity contribution in [2.24, 2.45) is 0 Å². The van der Waals surface area contributed by atoms with Crippen molar-refractivity contribution in [1.29, 1.82) is 0 Å². The maximum Gasteiger partial charge on any atom is 0.412 e. The Morgan fingerprint density at radius 2 is 1.97 bits per heavy atom. The third-order valence-electron chi connectivity index (χ3n) is 3.82. The zero-order chi connectivity index (χ0) is 22.3. The molecule has 30 heavy (non-hydrogen) atoms. The highest BCUT2D eigenvalue weighted by molar-refractivity contribution is 5.94. The monoisotopic (exact) mass is 418 g/mol. The van der Waals surface area contributed by atoms with E-state index >= 15 is 0 Å². The number of carbonyl (C=O) groups excluding carboxylic acids is 2. The molecular formula is C18H22N6O6. The van der Waals surface area contributed by atoms with Gasteiger partial charge in [-0.25, -0.2) is 9.78 Å². The summed E-state index contributed by atoms with van der Waals surface area (Å²) < 4.78 is 4.72. The van der Waals surface area contributed by atoms with Gasteiger partial charge in [0.15, 0.2) is 0 Å². The maximum atomic E-state index is 12.1. The highest BCUT2D eigenvalue weighted by Gasteiger charge is 2.24. The number of carbonyl (C=O) groups is 2. The molecule has 1 aromatic heterocycles. The van der Waals surface area contributed by atoms with Gasteiger partial charge in [-0.2, -0.15) is 0 Å². The number of nitrogens with zero attached hydrogens (tertiary/aromatic N) is 2. The Morgan fingerprint density at radius 3 is 2.57 bits per heavy atom. The summed E-state index contributed by atoms with van der Waals surface area (Å²) in [6, 6.07) is 8.09. The van der Waals surface area contributed by atoms with Crippen LogP contribution in [0.5, 0.6) is 0 Å². The molecule has 0 bridgehead atoms. The van der Waals surface area contributed by atoms with Gasteiger partial charge in [0, 0.05) is 11.8 Å². The largest absolute Gasteiger partial charge is 0.450 e. The summed E-state index contributed by atoms with van der Waals surface area (Å²) in [5, 5.41) is 28.8. The second kappa shape index (κ2) is 10.0. The third kappa shape index (κ3) is 6.04. The predicted molar refractivity (Wildman–Crippen MR) is 110 cm³/mol. The van der Waals surface area contributed by atoms with Gasteiger partial charge in [-0.15, -0.1) is 0 Å². The number of amides is 2. The number of pyridine rings is 1. The van der Waals surface area contributed by atoms with Gasteiger partial charge in [-0.1, -0.05) is 17.7 Å². The first-order valence-electron chi connectivity index (χ1n) is 8.89. The molecule has 2 aromatic rings. The summed E-state index contributed by atoms with van der Waals surface area (Å²) in [5.74, 6) is -1.27. The average molecular weight is 418 g/mol. The van der Waals surface area contributed by atoms with Crippen LogP contribution in [0.1, 0.15) is 12.5 Å². The van der Waals surface area contributed by atoms with Gasteiger partial charge >= 0.3 is 11.8 Å². The van der Waals surface area contributed by atoms with Crippen molar-refractivity contribution >= 4 is 40.7 Å². The number of benzene rings is 1. The van der Waals surface area contributed by atoms with E-state index in [2.05, 4.69) is 20.9 Å². The lowest BCUT2D eigenvalue weighted by Gasteiger charge is -2.15. The van der Waals surface area contributed by atoms with Crippen LogP contribution in [0.4, 0.5) is 33.5 Å². The highest BCUT2D eigenvalue weighted by Crippen LogP contribution is 2.32. The van der Waals surface area contributed by atoms with Gasteiger partial charge in [-0.3, -0.25) is 20.2 Å². The number of aliphatic hydroxyl groups is 1. The molecule has 0 radical (unpaired) electrons. The zero-order valence-corrected chi connectivity index (χ0v) is 16.3. The number of nitrogens with two attached hydrogens (primary N) is 1. The van der Waals surface area contributed by atoms with Crippen molar-refractivity contribution in [2.45, 2.75) is 20.0 Å². The van der Waals surface area contributed by atoms with E-state index in [1.54, 1.807) is 31.2 Å². The fourth-order valence-corrected chi connectivity index (χ4v) is 2.38. The first-order chi connectivity index (χ1) is 14.2. The van der Waals surface area contributed by atoms with E-state index in [9.17, 15) is 24.8 Å². The quantitative estimate of drug-likeness (QED) is 0.315. The van der Waals surface area contributed by atoms with E-state index in [1.165, 1.54) is 0 Å². The molecule has 12 heteroatoms. The number of aryl methyl sites for hydroxylation is 1. The topological polar surface area (TPSA) is 182 Å². The van der Waals surface area contributed by atoms with Crippen LogP contribution < -0.4 is 21.7 Å². The molecule has 1 heterocycles. The van der Waals surface area contributed by atoms with Crippen LogP contribution in [0, 0.1) is 17.0 Å². The van der Waals surface area contributed by atoms with E-state index in [0.29, 0.717) is 5.69 Å². The van der Waals surface area contributed by atoms with Crippen LogP contribution in [0.15, 0.2) is 30.3 Å². The van der Waals surface area contributed by atoms with Crippen LogP contribution in [0.2, 0.25) is 0 Å². The summed E-state index contributed by atoms with van der Waals surface area (Å²) in [4.78, 5) is 38.0. The molecule has 0 aliphatic heterocycles. The summed E-state index contributed by atoms with van der Waals surface area (Å²) in [7, 11) is 0. The molecular weight excluding hydrogens is 396 g/mol. The Labute approximate surface area is 171 Å².